The summed E-state index contributed by atoms with van der Waals surface area (Å²) >= 11 is 0.748. The van der Waals surface area contributed by atoms with Gasteiger partial charge in [-0.1, -0.05) is 13.8 Å². The Labute approximate surface area is 97.1 Å². The lowest BCUT2D eigenvalue weighted by molar-refractivity contribution is -0.137. The third-order valence-electron chi connectivity index (χ3n) is 2.40. The highest BCUT2D eigenvalue weighted by atomic mass is 32.1. The van der Waals surface area contributed by atoms with Crippen LogP contribution >= 0.6 is 11.3 Å². The Kier molecular flexibility index (Phi) is 4.32. The maximum absolute atomic E-state index is 12.4. The number of aryl methyl sites for hydroxylation is 1. The molecule has 1 rings (SSSR count). The number of halogens is 3. The number of nitrogens with zero attached hydrogens (tertiary/aromatic N) is 2. The molecule has 6 heteroatoms. The molecule has 0 unspecified atom stereocenters. The van der Waals surface area contributed by atoms with E-state index in [1.807, 2.05) is 13.8 Å². The highest BCUT2D eigenvalue weighted by Gasteiger charge is 2.35. The zero-order valence-electron chi connectivity index (χ0n) is 9.56. The van der Waals surface area contributed by atoms with Gasteiger partial charge in [0.15, 0.2) is 5.01 Å². The van der Waals surface area contributed by atoms with Crippen LogP contribution < -0.4 is 0 Å². The largest absolute Gasteiger partial charge is 0.443 e. The lowest BCUT2D eigenvalue weighted by Crippen LogP contribution is -2.21. The van der Waals surface area contributed by atoms with Crippen LogP contribution in [-0.4, -0.2) is 23.0 Å². The van der Waals surface area contributed by atoms with Crippen molar-refractivity contribution in [2.24, 2.45) is 0 Å². The molecule has 0 amide bonds. The van der Waals surface area contributed by atoms with Crippen LogP contribution in [0.25, 0.3) is 0 Å². The van der Waals surface area contributed by atoms with Crippen LogP contribution in [0.3, 0.4) is 0 Å². The molecule has 0 spiro atoms. The molecule has 0 saturated heterocycles. The Morgan fingerprint density at radius 3 is 2.19 bits per heavy atom. The predicted molar refractivity (Wildman–Crippen MR) is 58.5 cm³/mol. The first kappa shape index (κ1) is 13.4. The van der Waals surface area contributed by atoms with E-state index >= 15 is 0 Å². The van der Waals surface area contributed by atoms with E-state index < -0.39 is 11.2 Å². The van der Waals surface area contributed by atoms with E-state index in [4.69, 9.17) is 0 Å². The van der Waals surface area contributed by atoms with Crippen molar-refractivity contribution >= 4 is 11.3 Å². The minimum Gasteiger partial charge on any atom is -0.299 e. The normalized spacial score (nSPS) is 12.4. The predicted octanol–water partition coefficient (Wildman–Crippen LogP) is 3.31. The van der Waals surface area contributed by atoms with Crippen molar-refractivity contribution in [2.45, 2.75) is 33.5 Å². The van der Waals surface area contributed by atoms with E-state index in [-0.39, 0.29) is 0 Å². The van der Waals surface area contributed by atoms with E-state index in [1.54, 1.807) is 6.92 Å². The van der Waals surface area contributed by atoms with Gasteiger partial charge in [0.05, 0.1) is 5.69 Å². The first-order chi connectivity index (χ1) is 7.38. The van der Waals surface area contributed by atoms with Crippen molar-refractivity contribution in [1.29, 1.82) is 0 Å². The lowest BCUT2D eigenvalue weighted by atomic mass is 10.3. The van der Waals surface area contributed by atoms with Crippen LogP contribution in [0.5, 0.6) is 0 Å². The van der Waals surface area contributed by atoms with Crippen LogP contribution in [0.15, 0.2) is 0 Å². The number of hydrogen-bond acceptors (Lipinski definition) is 3. The first-order valence-corrected chi connectivity index (χ1v) is 5.96. The molecule has 0 atom stereocenters. The number of alkyl halides is 3. The summed E-state index contributed by atoms with van der Waals surface area (Å²) in [6.07, 6.45) is -4.32. The molecule has 16 heavy (non-hydrogen) atoms. The Bertz CT molecular complexity index is 342. The Morgan fingerprint density at radius 2 is 1.81 bits per heavy atom. The molecule has 0 radical (unpaired) electrons. The fraction of sp³-hybridized carbons (Fsp3) is 0.700. The molecule has 0 aliphatic rings. The zero-order valence-corrected chi connectivity index (χ0v) is 10.4. The van der Waals surface area contributed by atoms with Gasteiger partial charge in [-0.2, -0.15) is 13.2 Å². The van der Waals surface area contributed by atoms with Gasteiger partial charge in [0, 0.05) is 11.4 Å². The molecule has 1 aromatic rings. The number of thiazole rings is 1. The van der Waals surface area contributed by atoms with Gasteiger partial charge in [-0.15, -0.1) is 11.3 Å². The van der Waals surface area contributed by atoms with Crippen molar-refractivity contribution in [3.63, 3.8) is 0 Å². The molecule has 0 aliphatic carbocycles. The van der Waals surface area contributed by atoms with Crippen molar-refractivity contribution in [3.8, 4) is 0 Å². The molecular formula is C10H15F3N2S. The monoisotopic (exact) mass is 252 g/mol. The van der Waals surface area contributed by atoms with Gasteiger partial charge in [0.1, 0.15) is 0 Å². The second-order valence-electron chi connectivity index (χ2n) is 3.49. The summed E-state index contributed by atoms with van der Waals surface area (Å²) in [5, 5.41) is -0.743. The quantitative estimate of drug-likeness (QED) is 0.817. The topological polar surface area (TPSA) is 16.1 Å². The summed E-state index contributed by atoms with van der Waals surface area (Å²) in [5.74, 6) is 0. The standard InChI is InChI=1S/C10H15F3N2S/c1-4-15(5-2)6-8-7(3)14-9(16-8)10(11,12)13/h4-6H2,1-3H3. The maximum Gasteiger partial charge on any atom is 0.443 e. The van der Waals surface area contributed by atoms with Crippen LogP contribution in [-0.2, 0) is 12.7 Å². The van der Waals surface area contributed by atoms with E-state index in [0.29, 0.717) is 17.1 Å². The third kappa shape index (κ3) is 3.18. The minimum atomic E-state index is -4.32. The van der Waals surface area contributed by atoms with Crippen molar-refractivity contribution < 1.29 is 13.2 Å². The maximum atomic E-state index is 12.4. The summed E-state index contributed by atoms with van der Waals surface area (Å²) in [6.45, 7) is 7.82. The minimum absolute atomic E-state index is 0.490. The van der Waals surface area contributed by atoms with Gasteiger partial charge in [0.25, 0.3) is 0 Å². The fourth-order valence-electron chi connectivity index (χ4n) is 1.35. The average molecular weight is 252 g/mol. The molecule has 0 saturated carbocycles. The highest BCUT2D eigenvalue weighted by molar-refractivity contribution is 7.11. The molecule has 1 aromatic heterocycles. The molecule has 1 heterocycles. The van der Waals surface area contributed by atoms with Crippen LogP contribution in [0, 0.1) is 6.92 Å². The van der Waals surface area contributed by atoms with Gasteiger partial charge in [-0.25, -0.2) is 4.98 Å². The molecule has 92 valence electrons. The Hall–Kier alpha value is -0.620. The molecule has 0 aromatic carbocycles. The van der Waals surface area contributed by atoms with Gasteiger partial charge >= 0.3 is 6.18 Å². The summed E-state index contributed by atoms with van der Waals surface area (Å²) < 4.78 is 37.3. The second kappa shape index (κ2) is 5.14. The third-order valence-corrected chi connectivity index (χ3v) is 3.58. The van der Waals surface area contributed by atoms with E-state index in [2.05, 4.69) is 9.88 Å². The zero-order chi connectivity index (χ0) is 12.3. The molecule has 0 fully saturated rings. The number of aromatic nitrogens is 1. The van der Waals surface area contributed by atoms with Crippen LogP contribution in [0.4, 0.5) is 13.2 Å². The van der Waals surface area contributed by atoms with Crippen LogP contribution in [0.2, 0.25) is 0 Å². The van der Waals surface area contributed by atoms with Gasteiger partial charge in [0.2, 0.25) is 0 Å². The molecule has 0 bridgehead atoms. The summed E-state index contributed by atoms with van der Waals surface area (Å²) in [5.41, 5.74) is 0.490. The number of hydrogen-bond donors (Lipinski definition) is 0. The van der Waals surface area contributed by atoms with Gasteiger partial charge in [-0.05, 0) is 20.0 Å². The fourth-order valence-corrected chi connectivity index (χ4v) is 2.32. The molecule has 0 aliphatic heterocycles. The van der Waals surface area contributed by atoms with Crippen LogP contribution in [0.1, 0.15) is 29.4 Å². The van der Waals surface area contributed by atoms with Gasteiger partial charge in [-0.3, -0.25) is 4.90 Å². The Morgan fingerprint density at radius 1 is 1.25 bits per heavy atom. The smallest absolute Gasteiger partial charge is 0.299 e. The number of rotatable bonds is 4. The Balaban J connectivity index is 2.86. The summed E-state index contributed by atoms with van der Waals surface area (Å²) in [6, 6.07) is 0. The first-order valence-electron chi connectivity index (χ1n) is 5.14. The summed E-state index contributed by atoms with van der Waals surface area (Å²) in [4.78, 5) is 6.35. The summed E-state index contributed by atoms with van der Waals surface area (Å²) in [7, 11) is 0. The average Bonchev–Trinajstić information content (AvgIpc) is 2.56. The van der Waals surface area contributed by atoms with E-state index in [1.165, 1.54) is 0 Å². The van der Waals surface area contributed by atoms with Crippen molar-refractivity contribution in [1.82, 2.24) is 9.88 Å². The molecule has 2 nitrogen and oxygen atoms in total. The van der Waals surface area contributed by atoms with Crippen molar-refractivity contribution in [3.05, 3.63) is 15.6 Å². The molecular weight excluding hydrogens is 237 g/mol. The van der Waals surface area contributed by atoms with Gasteiger partial charge < -0.3 is 0 Å². The van der Waals surface area contributed by atoms with E-state index in [9.17, 15) is 13.2 Å². The van der Waals surface area contributed by atoms with E-state index in [0.717, 1.165) is 24.4 Å². The second-order valence-corrected chi connectivity index (χ2v) is 4.57. The van der Waals surface area contributed by atoms with Crippen molar-refractivity contribution in [2.75, 3.05) is 13.1 Å². The highest BCUT2D eigenvalue weighted by Crippen LogP contribution is 2.34. The molecule has 0 N–H and O–H groups in total. The SMILES string of the molecule is CCN(CC)Cc1sc(C(F)(F)F)nc1C. The lowest BCUT2D eigenvalue weighted by Gasteiger charge is -2.16.